The van der Waals surface area contributed by atoms with E-state index in [9.17, 15) is 18.4 Å². The third kappa shape index (κ3) is 12.6. The molecule has 6 aliphatic rings. The first-order valence-corrected chi connectivity index (χ1v) is 28.2. The van der Waals surface area contributed by atoms with E-state index in [1.165, 1.54) is 50.5 Å². The molecule has 0 bridgehead atoms. The first kappa shape index (κ1) is 53.7. The molecule has 6 aromatic rings. The van der Waals surface area contributed by atoms with Gasteiger partial charge in [-0.05, 0) is 125 Å². The molecule has 4 aromatic carbocycles. The summed E-state index contributed by atoms with van der Waals surface area (Å²) in [6.45, 7) is 6.55. The zero-order valence-electron chi connectivity index (χ0n) is 44.1. The zero-order chi connectivity index (χ0) is 53.9. The maximum absolute atomic E-state index is 14.5. The molecule has 412 valence electrons. The van der Waals surface area contributed by atoms with E-state index in [4.69, 9.17) is 42.1 Å². The largest absolute Gasteiger partial charge is 0.493 e. The second kappa shape index (κ2) is 23.9. The summed E-state index contributed by atoms with van der Waals surface area (Å²) in [4.78, 5) is 51.6. The average Bonchev–Trinajstić information content (AvgIpc) is 4.44. The number of carbonyl (C=O) groups excluding carboxylic acids is 2. The molecule has 0 unspecified atom stereocenters. The summed E-state index contributed by atoms with van der Waals surface area (Å²) in [6, 6.07) is 17.7. The van der Waals surface area contributed by atoms with Crippen molar-refractivity contribution in [2.45, 2.75) is 101 Å². The van der Waals surface area contributed by atoms with Gasteiger partial charge in [0.05, 0.1) is 72.0 Å². The highest BCUT2D eigenvalue weighted by molar-refractivity contribution is 6.31. The highest BCUT2D eigenvalue weighted by Crippen LogP contribution is 2.41. The van der Waals surface area contributed by atoms with Crippen LogP contribution in [0.4, 0.5) is 31.8 Å². The smallest absolute Gasteiger partial charge is 0.236 e. The van der Waals surface area contributed by atoms with Gasteiger partial charge in [-0.15, -0.1) is 0 Å². The van der Waals surface area contributed by atoms with Crippen LogP contribution in [0.2, 0.25) is 10.0 Å². The molecule has 2 amide bonds. The molecule has 0 spiro atoms. The molecular weight excluding hydrogens is 1040 g/mol. The van der Waals surface area contributed by atoms with Crippen LogP contribution in [0.25, 0.3) is 21.8 Å². The van der Waals surface area contributed by atoms with Crippen LogP contribution < -0.4 is 29.6 Å². The van der Waals surface area contributed by atoms with Crippen LogP contribution in [-0.4, -0.2) is 142 Å². The number of nitrogens with one attached hydrogen (secondary N) is 2. The number of benzene rings is 4. The number of carbonyl (C=O) groups is 2. The third-order valence-electron chi connectivity index (χ3n) is 16.2. The number of anilines is 4. The predicted molar refractivity (Wildman–Crippen MR) is 297 cm³/mol. The third-order valence-corrected chi connectivity index (χ3v) is 16.8. The Morgan fingerprint density at radius 2 is 0.949 bits per heavy atom. The fraction of sp³-hybridized carbons (Fsp3) is 0.483. The van der Waals surface area contributed by atoms with Crippen molar-refractivity contribution in [3.8, 4) is 23.0 Å². The number of halogens is 4. The van der Waals surface area contributed by atoms with E-state index in [2.05, 4.69) is 50.2 Å². The standard InChI is InChI=1S/2C29H33ClFN5O3/c2*1-38-25-14-24-21(29(33-17-32-24)34-23-4-2-3-22(30)28(23)31)13-26(25)39-20-9-7-19(8-10-20)35-11-12-36(27(37)16-35)15-18-5-6-18/h2*2-4,13-14,17-20H,5-12,15-16H2,1H3,(H,32,33,34). The summed E-state index contributed by atoms with van der Waals surface area (Å²) >= 11 is 11.9. The van der Waals surface area contributed by atoms with E-state index in [1.807, 2.05) is 24.3 Å². The molecule has 78 heavy (non-hydrogen) atoms. The van der Waals surface area contributed by atoms with Gasteiger partial charge in [0.1, 0.15) is 24.3 Å². The Kier molecular flexibility index (Phi) is 16.5. The Morgan fingerprint density at radius 1 is 0.538 bits per heavy atom. The quantitative estimate of drug-likeness (QED) is 0.0942. The van der Waals surface area contributed by atoms with Gasteiger partial charge in [0, 0.05) is 74.3 Å². The van der Waals surface area contributed by atoms with Gasteiger partial charge in [0.2, 0.25) is 11.8 Å². The number of nitrogens with zero attached hydrogens (tertiary/aromatic N) is 8. The molecule has 2 aliphatic heterocycles. The minimum atomic E-state index is -0.543. The lowest BCUT2D eigenvalue weighted by Crippen LogP contribution is -2.54. The highest BCUT2D eigenvalue weighted by atomic mass is 35.5. The summed E-state index contributed by atoms with van der Waals surface area (Å²) in [5, 5.41) is 7.52. The van der Waals surface area contributed by atoms with Gasteiger partial charge in [0.15, 0.2) is 34.6 Å². The van der Waals surface area contributed by atoms with Crippen molar-refractivity contribution in [2.24, 2.45) is 11.8 Å². The number of fused-ring (bicyclic) bond motifs is 2. The molecule has 2 N–H and O–H groups in total. The van der Waals surface area contributed by atoms with Crippen molar-refractivity contribution < 1.29 is 37.3 Å². The lowest BCUT2D eigenvalue weighted by atomic mass is 9.91. The van der Waals surface area contributed by atoms with Crippen LogP contribution in [0.1, 0.15) is 77.0 Å². The SMILES string of the molecule is COc1cc2ncnc(Nc3cccc(Cl)c3F)c2cc1OC1CCC(N2CCN(CC3CC3)C(=O)C2)CC1.COc1cc2ncnc(Nc3cccc(Cl)c3F)c2cc1OC1CCC(N2CCN(CC3CC3)C(=O)C2)CC1. The number of methoxy groups -OCH3 is 2. The zero-order valence-corrected chi connectivity index (χ0v) is 45.6. The molecule has 4 saturated carbocycles. The number of aromatic nitrogens is 4. The van der Waals surface area contributed by atoms with Gasteiger partial charge in [-0.3, -0.25) is 19.4 Å². The maximum Gasteiger partial charge on any atom is 0.236 e. The Labute approximate surface area is 463 Å². The van der Waals surface area contributed by atoms with E-state index in [0.29, 0.717) is 81.6 Å². The van der Waals surface area contributed by atoms with Crippen molar-refractivity contribution in [3.63, 3.8) is 0 Å². The molecular formula is C58H66Cl2F2N10O6. The first-order chi connectivity index (χ1) is 38.0. The van der Waals surface area contributed by atoms with E-state index < -0.39 is 11.6 Å². The van der Waals surface area contributed by atoms with Crippen LogP contribution >= 0.6 is 23.2 Å². The second-order valence-electron chi connectivity index (χ2n) is 21.5. The number of hydrogen-bond donors (Lipinski definition) is 2. The van der Waals surface area contributed by atoms with Gasteiger partial charge in [0.25, 0.3) is 0 Å². The Morgan fingerprint density at radius 3 is 1.32 bits per heavy atom. The predicted octanol–water partition coefficient (Wildman–Crippen LogP) is 10.8. The summed E-state index contributed by atoms with van der Waals surface area (Å²) in [7, 11) is 3.21. The lowest BCUT2D eigenvalue weighted by Gasteiger charge is -2.41. The van der Waals surface area contributed by atoms with Crippen LogP contribution in [-0.2, 0) is 9.59 Å². The molecule has 6 fully saturated rings. The Bertz CT molecular complexity index is 2930. The van der Waals surface area contributed by atoms with E-state index >= 15 is 0 Å². The van der Waals surface area contributed by atoms with Crippen molar-refractivity contribution in [3.05, 3.63) is 95.0 Å². The number of rotatable bonds is 16. The summed E-state index contributed by atoms with van der Waals surface area (Å²) in [5.41, 5.74) is 1.75. The number of amides is 2. The maximum atomic E-state index is 14.5. The topological polar surface area (TPSA) is 160 Å². The molecule has 12 rings (SSSR count). The average molecular weight is 1110 g/mol. The van der Waals surface area contributed by atoms with E-state index in [-0.39, 0.29) is 45.4 Å². The van der Waals surface area contributed by atoms with Crippen LogP contribution in [0.5, 0.6) is 23.0 Å². The molecule has 4 heterocycles. The minimum Gasteiger partial charge on any atom is -0.493 e. The summed E-state index contributed by atoms with van der Waals surface area (Å²) in [5.74, 6) is 4.19. The monoisotopic (exact) mass is 1110 g/mol. The van der Waals surface area contributed by atoms with Gasteiger partial charge in [-0.25, -0.2) is 28.7 Å². The molecule has 20 heteroatoms. The number of hydrogen-bond acceptors (Lipinski definition) is 14. The normalized spacial score (nSPS) is 22.2. The van der Waals surface area contributed by atoms with Crippen molar-refractivity contribution in [1.29, 1.82) is 0 Å². The molecule has 2 aromatic heterocycles. The minimum absolute atomic E-state index is 0.0316. The molecule has 0 radical (unpaired) electrons. The number of ether oxygens (including phenoxy) is 4. The van der Waals surface area contributed by atoms with Crippen LogP contribution in [0, 0.1) is 23.5 Å². The molecule has 0 atom stereocenters. The molecule has 2 saturated heterocycles. The Hall–Kier alpha value is -6.34. The fourth-order valence-electron chi connectivity index (χ4n) is 11.4. The Balaban J connectivity index is 0.000000165. The van der Waals surface area contributed by atoms with Gasteiger partial charge in [-0.2, -0.15) is 0 Å². The van der Waals surface area contributed by atoms with Crippen molar-refractivity contribution in [1.82, 2.24) is 39.5 Å². The van der Waals surface area contributed by atoms with Crippen molar-refractivity contribution >= 4 is 79.8 Å². The summed E-state index contributed by atoms with van der Waals surface area (Å²) < 4.78 is 53.3. The van der Waals surface area contributed by atoms with Crippen molar-refractivity contribution in [2.75, 3.05) is 77.2 Å². The highest BCUT2D eigenvalue weighted by Gasteiger charge is 2.37. The first-order valence-electron chi connectivity index (χ1n) is 27.4. The fourth-order valence-corrected chi connectivity index (χ4v) is 11.7. The molecule has 16 nitrogen and oxygen atoms in total. The van der Waals surface area contributed by atoms with Gasteiger partial charge < -0.3 is 39.4 Å². The van der Waals surface area contributed by atoms with Crippen LogP contribution in [0.3, 0.4) is 0 Å². The van der Waals surface area contributed by atoms with E-state index in [0.717, 1.165) is 102 Å². The van der Waals surface area contributed by atoms with Crippen LogP contribution in [0.15, 0.2) is 73.3 Å². The van der Waals surface area contributed by atoms with E-state index in [1.54, 1.807) is 38.5 Å². The second-order valence-corrected chi connectivity index (χ2v) is 22.4. The summed E-state index contributed by atoms with van der Waals surface area (Å²) in [6.07, 6.45) is 15.5. The van der Waals surface area contributed by atoms with Gasteiger partial charge >= 0.3 is 0 Å². The lowest BCUT2D eigenvalue weighted by molar-refractivity contribution is -0.138. The number of piperazine rings is 2. The molecule has 4 aliphatic carbocycles. The van der Waals surface area contributed by atoms with Gasteiger partial charge in [-0.1, -0.05) is 35.3 Å².